The van der Waals surface area contributed by atoms with E-state index in [1.807, 2.05) is 30.3 Å². The van der Waals surface area contributed by atoms with Gasteiger partial charge in [0.15, 0.2) is 0 Å². The van der Waals surface area contributed by atoms with Gasteiger partial charge in [0.25, 0.3) is 0 Å². The number of nitrogens with one attached hydrogen (secondary N) is 1. The lowest BCUT2D eigenvalue weighted by Crippen LogP contribution is -2.06. The number of anilines is 1. The molecule has 0 bridgehead atoms. The summed E-state index contributed by atoms with van der Waals surface area (Å²) in [5.41, 5.74) is 2.18. The van der Waals surface area contributed by atoms with E-state index in [1.54, 1.807) is 14.2 Å². The van der Waals surface area contributed by atoms with E-state index in [2.05, 4.69) is 40.3 Å². The van der Waals surface area contributed by atoms with E-state index in [0.29, 0.717) is 0 Å². The van der Waals surface area contributed by atoms with E-state index in [1.165, 1.54) is 5.56 Å². The van der Waals surface area contributed by atoms with Gasteiger partial charge >= 0.3 is 0 Å². The van der Waals surface area contributed by atoms with Crippen molar-refractivity contribution in [2.75, 3.05) is 19.5 Å². The molecule has 2 aromatic carbocycles. The van der Waals surface area contributed by atoms with Crippen LogP contribution in [0.1, 0.15) is 18.5 Å². The predicted molar refractivity (Wildman–Crippen MR) is 85.7 cm³/mol. The Hall–Kier alpha value is -1.68. The van der Waals surface area contributed by atoms with Crippen LogP contribution >= 0.6 is 15.9 Å². The molecule has 1 unspecified atom stereocenters. The number of halogens is 1. The average Bonchev–Trinajstić information content (AvgIpc) is 2.46. The summed E-state index contributed by atoms with van der Waals surface area (Å²) < 4.78 is 11.6. The highest BCUT2D eigenvalue weighted by Gasteiger charge is 2.08. The lowest BCUT2D eigenvalue weighted by molar-refractivity contribution is 0.394. The second-order valence-corrected chi connectivity index (χ2v) is 5.44. The zero-order chi connectivity index (χ0) is 14.5. The molecule has 0 amide bonds. The minimum absolute atomic E-state index is 0.185. The van der Waals surface area contributed by atoms with E-state index in [0.717, 1.165) is 21.7 Å². The third-order valence-corrected chi connectivity index (χ3v) is 3.58. The monoisotopic (exact) mass is 335 g/mol. The smallest absolute Gasteiger partial charge is 0.124 e. The summed E-state index contributed by atoms with van der Waals surface area (Å²) in [6.45, 7) is 2.12. The quantitative estimate of drug-likeness (QED) is 0.863. The van der Waals surface area contributed by atoms with Crippen LogP contribution in [0.5, 0.6) is 11.5 Å². The van der Waals surface area contributed by atoms with Gasteiger partial charge < -0.3 is 14.8 Å². The summed E-state index contributed by atoms with van der Waals surface area (Å²) in [5.74, 6) is 1.54. The van der Waals surface area contributed by atoms with Crippen molar-refractivity contribution >= 4 is 21.6 Å². The van der Waals surface area contributed by atoms with E-state index in [9.17, 15) is 0 Å². The van der Waals surface area contributed by atoms with E-state index in [-0.39, 0.29) is 6.04 Å². The maximum absolute atomic E-state index is 5.28. The maximum atomic E-state index is 5.28. The SMILES string of the molecule is COc1cc(NC(C)c2cccc(Br)c2)cc(OC)c1. The molecule has 0 aliphatic carbocycles. The van der Waals surface area contributed by atoms with E-state index < -0.39 is 0 Å². The highest BCUT2D eigenvalue weighted by Crippen LogP contribution is 2.29. The summed E-state index contributed by atoms with van der Waals surface area (Å²) in [4.78, 5) is 0. The van der Waals surface area contributed by atoms with Gasteiger partial charge in [0.2, 0.25) is 0 Å². The molecule has 2 rings (SSSR count). The van der Waals surface area contributed by atoms with Gasteiger partial charge in [0, 0.05) is 34.4 Å². The fraction of sp³-hybridized carbons (Fsp3) is 0.250. The Bertz CT molecular complexity index is 564. The van der Waals surface area contributed by atoms with Gasteiger partial charge in [-0.3, -0.25) is 0 Å². The Balaban J connectivity index is 2.20. The van der Waals surface area contributed by atoms with Crippen molar-refractivity contribution in [3.63, 3.8) is 0 Å². The summed E-state index contributed by atoms with van der Waals surface area (Å²) in [6, 6.07) is 14.2. The summed E-state index contributed by atoms with van der Waals surface area (Å²) in [5, 5.41) is 3.45. The Morgan fingerprint density at radius 1 is 1.00 bits per heavy atom. The Labute approximate surface area is 128 Å². The first-order valence-electron chi connectivity index (χ1n) is 6.37. The van der Waals surface area contributed by atoms with Crippen LogP contribution < -0.4 is 14.8 Å². The Morgan fingerprint density at radius 3 is 2.20 bits per heavy atom. The topological polar surface area (TPSA) is 30.5 Å². The maximum Gasteiger partial charge on any atom is 0.124 e. The first-order valence-corrected chi connectivity index (χ1v) is 7.16. The van der Waals surface area contributed by atoms with Gasteiger partial charge in [-0.25, -0.2) is 0 Å². The molecule has 0 aromatic heterocycles. The Kier molecular flexibility index (Phi) is 4.90. The molecule has 3 nitrogen and oxygen atoms in total. The van der Waals surface area contributed by atoms with E-state index >= 15 is 0 Å². The first kappa shape index (κ1) is 14.7. The zero-order valence-corrected chi connectivity index (χ0v) is 13.4. The number of hydrogen-bond donors (Lipinski definition) is 1. The molecule has 0 aliphatic heterocycles. The minimum atomic E-state index is 0.185. The number of benzene rings is 2. The molecular weight excluding hydrogens is 318 g/mol. The minimum Gasteiger partial charge on any atom is -0.497 e. The fourth-order valence-corrected chi connectivity index (χ4v) is 2.42. The molecular formula is C16H18BrNO2. The van der Waals surface area contributed by atoms with Crippen molar-refractivity contribution in [3.8, 4) is 11.5 Å². The number of rotatable bonds is 5. The molecule has 0 saturated heterocycles. The standard InChI is InChI=1S/C16H18BrNO2/c1-11(12-5-4-6-13(17)7-12)18-14-8-15(19-2)10-16(9-14)20-3/h4-11,18H,1-3H3. The molecule has 1 atom stereocenters. The van der Waals surface area contributed by atoms with Crippen LogP contribution in [0.3, 0.4) is 0 Å². The zero-order valence-electron chi connectivity index (χ0n) is 11.8. The normalized spacial score (nSPS) is 11.8. The van der Waals surface area contributed by atoms with Crippen LogP contribution in [-0.4, -0.2) is 14.2 Å². The van der Waals surface area contributed by atoms with Crippen molar-refractivity contribution in [2.45, 2.75) is 13.0 Å². The van der Waals surface area contributed by atoms with Gasteiger partial charge in [0.05, 0.1) is 14.2 Å². The van der Waals surface area contributed by atoms with Crippen LogP contribution in [0, 0.1) is 0 Å². The first-order chi connectivity index (χ1) is 9.62. The van der Waals surface area contributed by atoms with Gasteiger partial charge in [-0.15, -0.1) is 0 Å². The molecule has 106 valence electrons. The van der Waals surface area contributed by atoms with Crippen LogP contribution in [0.25, 0.3) is 0 Å². The van der Waals surface area contributed by atoms with Crippen LogP contribution in [0.2, 0.25) is 0 Å². The molecule has 0 fully saturated rings. The van der Waals surface area contributed by atoms with Gasteiger partial charge in [-0.05, 0) is 24.6 Å². The molecule has 0 saturated carbocycles. The van der Waals surface area contributed by atoms with Gasteiger partial charge in [0.1, 0.15) is 11.5 Å². The second kappa shape index (κ2) is 6.66. The van der Waals surface area contributed by atoms with Gasteiger partial charge in [-0.1, -0.05) is 28.1 Å². The van der Waals surface area contributed by atoms with Crippen molar-refractivity contribution < 1.29 is 9.47 Å². The van der Waals surface area contributed by atoms with Gasteiger partial charge in [-0.2, -0.15) is 0 Å². The van der Waals surface area contributed by atoms with E-state index in [4.69, 9.17) is 9.47 Å². The molecule has 2 aromatic rings. The average molecular weight is 336 g/mol. The largest absolute Gasteiger partial charge is 0.497 e. The fourth-order valence-electron chi connectivity index (χ4n) is 2.00. The van der Waals surface area contributed by atoms with Crippen molar-refractivity contribution in [1.82, 2.24) is 0 Å². The number of hydrogen-bond acceptors (Lipinski definition) is 3. The van der Waals surface area contributed by atoms with Crippen molar-refractivity contribution in [3.05, 3.63) is 52.5 Å². The number of methoxy groups -OCH3 is 2. The summed E-state index contributed by atoms with van der Waals surface area (Å²) in [7, 11) is 3.30. The number of ether oxygens (including phenoxy) is 2. The lowest BCUT2D eigenvalue weighted by Gasteiger charge is -2.17. The Morgan fingerprint density at radius 2 is 1.65 bits per heavy atom. The third kappa shape index (κ3) is 3.67. The highest BCUT2D eigenvalue weighted by atomic mass is 79.9. The summed E-state index contributed by atoms with van der Waals surface area (Å²) >= 11 is 3.49. The van der Waals surface area contributed by atoms with Crippen molar-refractivity contribution in [1.29, 1.82) is 0 Å². The molecule has 1 N–H and O–H groups in total. The highest BCUT2D eigenvalue weighted by molar-refractivity contribution is 9.10. The molecule has 20 heavy (non-hydrogen) atoms. The molecule has 0 heterocycles. The molecule has 0 spiro atoms. The van der Waals surface area contributed by atoms with Crippen molar-refractivity contribution in [2.24, 2.45) is 0 Å². The molecule has 4 heteroatoms. The lowest BCUT2D eigenvalue weighted by atomic mass is 10.1. The van der Waals surface area contributed by atoms with Crippen LogP contribution in [0.15, 0.2) is 46.9 Å². The molecule has 0 radical (unpaired) electrons. The molecule has 0 aliphatic rings. The van der Waals surface area contributed by atoms with Crippen LogP contribution in [-0.2, 0) is 0 Å². The third-order valence-electron chi connectivity index (χ3n) is 3.08. The second-order valence-electron chi connectivity index (χ2n) is 4.52. The van der Waals surface area contributed by atoms with Crippen LogP contribution in [0.4, 0.5) is 5.69 Å². The predicted octanol–water partition coefficient (Wildman–Crippen LogP) is 4.64. The summed E-state index contributed by atoms with van der Waals surface area (Å²) in [6.07, 6.45) is 0.